The number of benzene rings is 2. The summed E-state index contributed by atoms with van der Waals surface area (Å²) in [5, 5.41) is 2.99. The van der Waals surface area contributed by atoms with Gasteiger partial charge in [-0.05, 0) is 37.3 Å². The Labute approximate surface area is 175 Å². The number of amides is 1. The zero-order chi connectivity index (χ0) is 20.9. The van der Waals surface area contributed by atoms with Gasteiger partial charge in [-0.25, -0.2) is 13.4 Å². The van der Waals surface area contributed by atoms with Crippen LogP contribution >= 0.6 is 11.3 Å². The lowest BCUT2D eigenvalue weighted by molar-refractivity contribution is -0.118. The summed E-state index contributed by atoms with van der Waals surface area (Å²) in [5.74, 6) is 1.24. The Balaban J connectivity index is 1.43. The van der Waals surface area contributed by atoms with Crippen molar-refractivity contribution in [3.05, 3.63) is 41.3 Å². The summed E-state index contributed by atoms with van der Waals surface area (Å²) >= 11 is 1.22. The lowest BCUT2D eigenvalue weighted by atomic mass is 10.1. The second-order valence-electron chi connectivity index (χ2n) is 6.59. The van der Waals surface area contributed by atoms with Crippen LogP contribution in [0.2, 0.25) is 0 Å². The Morgan fingerprint density at radius 3 is 2.73 bits per heavy atom. The monoisotopic (exact) mass is 445 g/mol. The molecule has 0 atom stereocenters. The standard InChI is InChI=1S/C19H15N3O6S2/c1-10-18(11-2-4-14-13(6-11)20-17(23)8-26-14)21-19(29-10)22-30(24,25)12-3-5-15-16(7-12)28-9-27-15/h2-7H,8-9H2,1H3,(H,20,23)(H,21,22). The summed E-state index contributed by atoms with van der Waals surface area (Å²) in [4.78, 5) is 16.9. The van der Waals surface area contributed by atoms with Gasteiger partial charge in [-0.15, -0.1) is 11.3 Å². The molecule has 0 unspecified atom stereocenters. The van der Waals surface area contributed by atoms with Crippen molar-refractivity contribution in [3.8, 4) is 28.5 Å². The fourth-order valence-electron chi connectivity index (χ4n) is 3.16. The molecular formula is C19H15N3O6S2. The van der Waals surface area contributed by atoms with E-state index in [0.717, 1.165) is 10.4 Å². The Hall–Kier alpha value is -3.31. The molecule has 0 aliphatic carbocycles. The second kappa shape index (κ2) is 6.89. The number of anilines is 2. The number of hydrogen-bond donors (Lipinski definition) is 2. The molecule has 154 valence electrons. The summed E-state index contributed by atoms with van der Waals surface area (Å²) in [6.07, 6.45) is 0. The maximum absolute atomic E-state index is 12.8. The highest BCUT2D eigenvalue weighted by Crippen LogP contribution is 2.37. The Kier molecular flexibility index (Phi) is 4.29. The van der Waals surface area contributed by atoms with Crippen LogP contribution in [0.5, 0.6) is 17.2 Å². The van der Waals surface area contributed by atoms with Gasteiger partial charge in [0.15, 0.2) is 23.2 Å². The van der Waals surface area contributed by atoms with E-state index in [0.29, 0.717) is 28.6 Å². The quantitative estimate of drug-likeness (QED) is 0.634. The zero-order valence-electron chi connectivity index (χ0n) is 15.6. The number of rotatable bonds is 4. The summed E-state index contributed by atoms with van der Waals surface area (Å²) in [6.45, 7) is 1.89. The molecule has 0 spiro atoms. The van der Waals surface area contributed by atoms with Crippen molar-refractivity contribution in [2.24, 2.45) is 0 Å². The van der Waals surface area contributed by atoms with Crippen LogP contribution in [0.3, 0.4) is 0 Å². The molecule has 3 heterocycles. The number of aromatic nitrogens is 1. The van der Waals surface area contributed by atoms with Crippen LogP contribution in [0, 0.1) is 6.92 Å². The fraction of sp³-hybridized carbons (Fsp3) is 0.158. The molecule has 11 heteroatoms. The molecule has 1 aromatic heterocycles. The Morgan fingerprint density at radius 1 is 1.07 bits per heavy atom. The first-order valence-electron chi connectivity index (χ1n) is 8.86. The molecule has 0 saturated carbocycles. The van der Waals surface area contributed by atoms with Crippen LogP contribution in [0.1, 0.15) is 4.88 Å². The van der Waals surface area contributed by atoms with E-state index >= 15 is 0 Å². The van der Waals surface area contributed by atoms with Crippen molar-refractivity contribution in [3.63, 3.8) is 0 Å². The van der Waals surface area contributed by atoms with E-state index in [4.69, 9.17) is 14.2 Å². The molecule has 9 nitrogen and oxygen atoms in total. The van der Waals surface area contributed by atoms with Crippen LogP contribution < -0.4 is 24.2 Å². The van der Waals surface area contributed by atoms with Crippen molar-refractivity contribution in [2.45, 2.75) is 11.8 Å². The zero-order valence-corrected chi connectivity index (χ0v) is 17.2. The van der Waals surface area contributed by atoms with Gasteiger partial charge in [0.25, 0.3) is 15.9 Å². The lowest BCUT2D eigenvalue weighted by Crippen LogP contribution is -2.25. The molecule has 30 heavy (non-hydrogen) atoms. The predicted octanol–water partition coefficient (Wildman–Crippen LogP) is 2.98. The number of nitrogens with zero attached hydrogens (tertiary/aromatic N) is 1. The summed E-state index contributed by atoms with van der Waals surface area (Å²) in [5.41, 5.74) is 1.91. The molecule has 5 rings (SSSR count). The molecule has 0 bridgehead atoms. The number of carbonyl (C=O) groups excluding carboxylic acids is 1. The third-order valence-electron chi connectivity index (χ3n) is 4.56. The van der Waals surface area contributed by atoms with Crippen molar-refractivity contribution in [2.75, 3.05) is 23.4 Å². The van der Waals surface area contributed by atoms with E-state index < -0.39 is 10.0 Å². The van der Waals surface area contributed by atoms with Gasteiger partial charge in [-0.1, -0.05) is 0 Å². The van der Waals surface area contributed by atoms with Crippen molar-refractivity contribution in [1.29, 1.82) is 0 Å². The van der Waals surface area contributed by atoms with Crippen LogP contribution in [-0.2, 0) is 14.8 Å². The predicted molar refractivity (Wildman–Crippen MR) is 110 cm³/mol. The van der Waals surface area contributed by atoms with Crippen molar-refractivity contribution >= 4 is 38.1 Å². The molecule has 3 aromatic rings. The van der Waals surface area contributed by atoms with E-state index in [1.54, 1.807) is 18.2 Å². The van der Waals surface area contributed by atoms with E-state index in [9.17, 15) is 13.2 Å². The topological polar surface area (TPSA) is 116 Å². The Morgan fingerprint density at radius 2 is 1.87 bits per heavy atom. The van der Waals surface area contributed by atoms with Gasteiger partial charge in [0.1, 0.15) is 5.75 Å². The number of nitrogens with one attached hydrogen (secondary N) is 2. The number of aryl methyl sites for hydroxylation is 1. The summed E-state index contributed by atoms with van der Waals surface area (Å²) < 4.78 is 43.9. The molecule has 1 amide bonds. The van der Waals surface area contributed by atoms with Gasteiger partial charge in [0.2, 0.25) is 6.79 Å². The smallest absolute Gasteiger partial charge is 0.263 e. The van der Waals surface area contributed by atoms with Gasteiger partial charge in [0, 0.05) is 16.5 Å². The number of fused-ring (bicyclic) bond motifs is 2. The van der Waals surface area contributed by atoms with Gasteiger partial charge in [-0.3, -0.25) is 9.52 Å². The largest absolute Gasteiger partial charge is 0.482 e. The second-order valence-corrected chi connectivity index (χ2v) is 9.48. The molecule has 0 fully saturated rings. The molecule has 2 N–H and O–H groups in total. The van der Waals surface area contributed by atoms with E-state index in [-0.39, 0.29) is 29.3 Å². The van der Waals surface area contributed by atoms with Crippen LogP contribution in [-0.4, -0.2) is 32.7 Å². The average molecular weight is 445 g/mol. The highest BCUT2D eigenvalue weighted by molar-refractivity contribution is 7.93. The number of sulfonamides is 1. The maximum atomic E-state index is 12.8. The number of thiazole rings is 1. The highest BCUT2D eigenvalue weighted by atomic mass is 32.2. The van der Waals surface area contributed by atoms with E-state index in [1.165, 1.54) is 23.5 Å². The van der Waals surface area contributed by atoms with Gasteiger partial charge in [-0.2, -0.15) is 0 Å². The third-order valence-corrected chi connectivity index (χ3v) is 6.91. The number of carbonyl (C=O) groups is 1. The molecule has 2 aliphatic rings. The summed E-state index contributed by atoms with van der Waals surface area (Å²) in [6, 6.07) is 9.74. The number of hydrogen-bond acceptors (Lipinski definition) is 8. The minimum atomic E-state index is -3.86. The highest BCUT2D eigenvalue weighted by Gasteiger charge is 2.23. The Bertz CT molecular complexity index is 1290. The third kappa shape index (κ3) is 3.31. The molecule has 2 aromatic carbocycles. The minimum Gasteiger partial charge on any atom is -0.482 e. The SMILES string of the molecule is Cc1sc(NS(=O)(=O)c2ccc3c(c2)OCO3)nc1-c1ccc2c(c1)NC(=O)CO2. The van der Waals surface area contributed by atoms with E-state index in [1.807, 2.05) is 13.0 Å². The molecule has 2 aliphatic heterocycles. The average Bonchev–Trinajstić information content (AvgIpc) is 3.32. The van der Waals surface area contributed by atoms with Gasteiger partial charge >= 0.3 is 0 Å². The van der Waals surface area contributed by atoms with Gasteiger partial charge < -0.3 is 19.5 Å². The van der Waals surface area contributed by atoms with Gasteiger partial charge in [0.05, 0.1) is 16.3 Å². The fourth-order valence-corrected chi connectivity index (χ4v) is 5.24. The lowest BCUT2D eigenvalue weighted by Gasteiger charge is -2.18. The molecule has 0 saturated heterocycles. The normalized spacial score (nSPS) is 14.6. The van der Waals surface area contributed by atoms with Crippen molar-refractivity contribution in [1.82, 2.24) is 4.98 Å². The van der Waals surface area contributed by atoms with Crippen LogP contribution in [0.15, 0.2) is 41.3 Å². The summed E-state index contributed by atoms with van der Waals surface area (Å²) in [7, 11) is -3.86. The molecule has 0 radical (unpaired) electrons. The first-order chi connectivity index (χ1) is 14.4. The maximum Gasteiger partial charge on any atom is 0.263 e. The first kappa shape index (κ1) is 18.7. The number of ether oxygens (including phenoxy) is 3. The van der Waals surface area contributed by atoms with Crippen LogP contribution in [0.4, 0.5) is 10.8 Å². The molecular weight excluding hydrogens is 430 g/mol. The van der Waals surface area contributed by atoms with E-state index in [2.05, 4.69) is 15.0 Å². The minimum absolute atomic E-state index is 0.0200. The first-order valence-corrected chi connectivity index (χ1v) is 11.2. The van der Waals surface area contributed by atoms with Crippen LogP contribution in [0.25, 0.3) is 11.3 Å². The van der Waals surface area contributed by atoms with Crippen molar-refractivity contribution < 1.29 is 27.4 Å².